The smallest absolute Gasteiger partial charge is 0.307 e. The number of hydrogen-bond donors (Lipinski definition) is 2. The lowest BCUT2D eigenvalue weighted by molar-refractivity contribution is -0.141. The summed E-state index contributed by atoms with van der Waals surface area (Å²) in [5.74, 6) is -0.392. The van der Waals surface area contributed by atoms with Gasteiger partial charge >= 0.3 is 5.97 Å². The number of nitrogens with two attached hydrogens (primary N) is 1. The third-order valence-corrected chi connectivity index (χ3v) is 0.891. The Bertz CT molecular complexity index is 94.2. The molecule has 4 heteroatoms. The molecule has 0 fully saturated rings. The van der Waals surface area contributed by atoms with Crippen molar-refractivity contribution in [2.75, 3.05) is 13.7 Å². The fraction of sp³-hybridized carbons (Fsp3) is 0.800. The van der Waals surface area contributed by atoms with Crippen LogP contribution in [0.4, 0.5) is 0 Å². The highest BCUT2D eigenvalue weighted by molar-refractivity contribution is 5.69. The molecule has 0 heterocycles. The van der Waals surface area contributed by atoms with Crippen LogP contribution < -0.4 is 5.73 Å². The van der Waals surface area contributed by atoms with E-state index in [2.05, 4.69) is 4.74 Å². The predicted molar refractivity (Wildman–Crippen MR) is 31.7 cm³/mol. The summed E-state index contributed by atoms with van der Waals surface area (Å²) >= 11 is 0. The van der Waals surface area contributed by atoms with Gasteiger partial charge in [-0.1, -0.05) is 0 Å². The van der Waals surface area contributed by atoms with Crippen molar-refractivity contribution in [3.63, 3.8) is 0 Å². The van der Waals surface area contributed by atoms with Crippen LogP contribution >= 0.6 is 0 Å². The molecule has 9 heavy (non-hydrogen) atoms. The fourth-order valence-electron chi connectivity index (χ4n) is 0.362. The van der Waals surface area contributed by atoms with Crippen molar-refractivity contribution >= 4 is 5.97 Å². The molecule has 0 aromatic rings. The van der Waals surface area contributed by atoms with E-state index in [0.717, 1.165) is 0 Å². The van der Waals surface area contributed by atoms with Crippen LogP contribution in [0.5, 0.6) is 0 Å². The average molecular weight is 133 g/mol. The Morgan fingerprint density at radius 3 is 2.78 bits per heavy atom. The summed E-state index contributed by atoms with van der Waals surface area (Å²) < 4.78 is 4.29. The number of hydrogen-bond acceptors (Lipinski definition) is 4. The van der Waals surface area contributed by atoms with Gasteiger partial charge in [-0.25, -0.2) is 0 Å². The lowest BCUT2D eigenvalue weighted by Gasteiger charge is -2.03. The van der Waals surface area contributed by atoms with Crippen molar-refractivity contribution in [3.8, 4) is 0 Å². The van der Waals surface area contributed by atoms with Crippen molar-refractivity contribution in [1.29, 1.82) is 0 Å². The lowest BCUT2D eigenvalue weighted by Crippen LogP contribution is -2.27. The van der Waals surface area contributed by atoms with Gasteiger partial charge < -0.3 is 15.6 Å². The normalized spacial score (nSPS) is 12.8. The molecule has 0 aromatic carbocycles. The Morgan fingerprint density at radius 1 is 1.89 bits per heavy atom. The first-order chi connectivity index (χ1) is 4.20. The van der Waals surface area contributed by atoms with Crippen LogP contribution in [0.2, 0.25) is 0 Å². The van der Waals surface area contributed by atoms with Crippen LogP contribution in [0.1, 0.15) is 6.42 Å². The van der Waals surface area contributed by atoms with Crippen molar-refractivity contribution < 1.29 is 14.6 Å². The molecule has 0 aliphatic carbocycles. The van der Waals surface area contributed by atoms with E-state index in [1.54, 1.807) is 0 Å². The summed E-state index contributed by atoms with van der Waals surface area (Å²) in [5.41, 5.74) is 5.20. The van der Waals surface area contributed by atoms with E-state index >= 15 is 0 Å². The van der Waals surface area contributed by atoms with E-state index in [1.165, 1.54) is 7.11 Å². The summed E-state index contributed by atoms with van der Waals surface area (Å²) in [6.45, 7) is -0.185. The first kappa shape index (κ1) is 8.39. The Kier molecular flexibility index (Phi) is 4.00. The number of carbonyl (C=O) groups is 1. The highest BCUT2D eigenvalue weighted by atomic mass is 16.5. The molecule has 0 unspecified atom stereocenters. The molecule has 0 radical (unpaired) electrons. The van der Waals surface area contributed by atoms with Crippen molar-refractivity contribution in [2.24, 2.45) is 5.73 Å². The molecule has 0 aliphatic rings. The van der Waals surface area contributed by atoms with Gasteiger partial charge in [-0.15, -0.1) is 0 Å². The van der Waals surface area contributed by atoms with Gasteiger partial charge in [-0.3, -0.25) is 4.79 Å². The third kappa shape index (κ3) is 3.93. The maximum absolute atomic E-state index is 10.4. The zero-order valence-electron chi connectivity index (χ0n) is 5.33. The minimum Gasteiger partial charge on any atom is -0.469 e. The first-order valence-corrected chi connectivity index (χ1v) is 2.64. The van der Waals surface area contributed by atoms with E-state index in [-0.39, 0.29) is 13.0 Å². The molecule has 0 bridgehead atoms. The lowest BCUT2D eigenvalue weighted by atomic mass is 10.2. The van der Waals surface area contributed by atoms with Gasteiger partial charge in [-0.05, 0) is 0 Å². The van der Waals surface area contributed by atoms with E-state index in [0.29, 0.717) is 0 Å². The van der Waals surface area contributed by atoms with E-state index in [9.17, 15) is 4.79 Å². The zero-order chi connectivity index (χ0) is 7.28. The number of methoxy groups -OCH3 is 1. The molecule has 0 saturated heterocycles. The first-order valence-electron chi connectivity index (χ1n) is 2.64. The molecule has 3 N–H and O–H groups in total. The average Bonchev–Trinajstić information content (AvgIpc) is 1.87. The summed E-state index contributed by atoms with van der Waals surface area (Å²) in [5, 5.41) is 8.35. The molecular formula is C5H11NO3. The van der Waals surface area contributed by atoms with Gasteiger partial charge in [0.25, 0.3) is 0 Å². The number of rotatable bonds is 3. The SMILES string of the molecule is COC(=O)C[C@@H](N)CO. The van der Waals surface area contributed by atoms with E-state index < -0.39 is 12.0 Å². The van der Waals surface area contributed by atoms with Crippen LogP contribution in [0.15, 0.2) is 0 Å². The summed E-state index contributed by atoms with van der Waals surface area (Å²) in [6.07, 6.45) is 0.0764. The summed E-state index contributed by atoms with van der Waals surface area (Å²) in [7, 11) is 1.28. The molecule has 0 rings (SSSR count). The molecule has 0 saturated carbocycles. The highest BCUT2D eigenvalue weighted by Crippen LogP contribution is 1.87. The second-order valence-electron chi connectivity index (χ2n) is 1.72. The fourth-order valence-corrected chi connectivity index (χ4v) is 0.362. The second kappa shape index (κ2) is 4.29. The number of carbonyl (C=O) groups excluding carboxylic acids is 1. The highest BCUT2D eigenvalue weighted by Gasteiger charge is 2.06. The van der Waals surface area contributed by atoms with Gasteiger partial charge in [0, 0.05) is 6.04 Å². The van der Waals surface area contributed by atoms with Gasteiger partial charge in [0.15, 0.2) is 0 Å². The number of aliphatic hydroxyl groups excluding tert-OH is 1. The van der Waals surface area contributed by atoms with E-state index in [4.69, 9.17) is 10.8 Å². The number of ether oxygens (including phenoxy) is 1. The molecular weight excluding hydrogens is 122 g/mol. The maximum atomic E-state index is 10.4. The Balaban J connectivity index is 3.34. The third-order valence-electron chi connectivity index (χ3n) is 0.891. The largest absolute Gasteiger partial charge is 0.469 e. The van der Waals surface area contributed by atoms with Crippen LogP contribution in [-0.2, 0) is 9.53 Å². The Morgan fingerprint density at radius 2 is 2.44 bits per heavy atom. The topological polar surface area (TPSA) is 72.5 Å². The summed E-state index contributed by atoms with van der Waals surface area (Å²) in [4.78, 5) is 10.4. The molecule has 0 aliphatic heterocycles. The molecule has 1 atom stereocenters. The predicted octanol–water partition coefficient (Wildman–Crippen LogP) is -1.13. The van der Waals surface area contributed by atoms with Gasteiger partial charge in [0.2, 0.25) is 0 Å². The van der Waals surface area contributed by atoms with Crippen LogP contribution in [0.3, 0.4) is 0 Å². The standard InChI is InChI=1S/C5H11NO3/c1-9-5(8)2-4(6)3-7/h4,7H,2-3,6H2,1H3/t4-/m1/s1. The van der Waals surface area contributed by atoms with Crippen molar-refractivity contribution in [2.45, 2.75) is 12.5 Å². The number of aliphatic hydroxyl groups is 1. The Labute approximate surface area is 53.6 Å². The van der Waals surface area contributed by atoms with Crippen molar-refractivity contribution in [3.05, 3.63) is 0 Å². The minimum atomic E-state index is -0.488. The minimum absolute atomic E-state index is 0.0764. The van der Waals surface area contributed by atoms with E-state index in [1.807, 2.05) is 0 Å². The van der Waals surface area contributed by atoms with Crippen LogP contribution in [0, 0.1) is 0 Å². The van der Waals surface area contributed by atoms with Crippen molar-refractivity contribution in [1.82, 2.24) is 0 Å². The monoisotopic (exact) mass is 133 g/mol. The molecule has 0 aromatic heterocycles. The molecule has 0 spiro atoms. The Hall–Kier alpha value is -0.610. The van der Waals surface area contributed by atoms with Gasteiger partial charge in [-0.2, -0.15) is 0 Å². The number of esters is 1. The quantitative estimate of drug-likeness (QED) is 0.478. The maximum Gasteiger partial charge on any atom is 0.307 e. The van der Waals surface area contributed by atoms with Gasteiger partial charge in [0.1, 0.15) is 0 Å². The van der Waals surface area contributed by atoms with Gasteiger partial charge in [0.05, 0.1) is 20.1 Å². The summed E-state index contributed by atoms with van der Waals surface area (Å²) in [6, 6.07) is -0.488. The van der Waals surface area contributed by atoms with Crippen LogP contribution in [-0.4, -0.2) is 30.8 Å². The second-order valence-corrected chi connectivity index (χ2v) is 1.72. The zero-order valence-corrected chi connectivity index (χ0v) is 5.33. The molecule has 0 amide bonds. The molecule has 54 valence electrons. The van der Waals surface area contributed by atoms with Crippen LogP contribution in [0.25, 0.3) is 0 Å². The molecule has 4 nitrogen and oxygen atoms in total.